The Balaban J connectivity index is 0.00000225. The normalized spacial score (nSPS) is 17.7. The highest BCUT2D eigenvalue weighted by molar-refractivity contribution is 5.85. The second-order valence-electron chi connectivity index (χ2n) is 6.01. The van der Waals surface area contributed by atoms with E-state index in [9.17, 15) is 4.79 Å². The molecule has 1 unspecified atom stereocenters. The molecular weight excluding hydrogens is 342 g/mol. The van der Waals surface area contributed by atoms with E-state index in [-0.39, 0.29) is 24.4 Å². The average molecular weight is 366 g/mol. The molecule has 7 nitrogen and oxygen atoms in total. The number of rotatable bonds is 6. The molecule has 1 atom stereocenters. The Morgan fingerprint density at radius 3 is 2.96 bits per heavy atom. The fraction of sp³-hybridized carbons (Fsp3) is 0.471. The van der Waals surface area contributed by atoms with E-state index in [1.165, 1.54) is 0 Å². The van der Waals surface area contributed by atoms with Crippen LogP contribution in [0.4, 0.5) is 0 Å². The number of nitrogens with one attached hydrogen (secondary N) is 2. The minimum atomic E-state index is -0.00264. The van der Waals surface area contributed by atoms with Crippen LogP contribution in [0, 0.1) is 0 Å². The summed E-state index contributed by atoms with van der Waals surface area (Å²) < 4.78 is 5.30. The number of nitrogens with zero attached hydrogens (tertiary/aromatic N) is 3. The first-order chi connectivity index (χ1) is 11.7. The molecule has 1 saturated heterocycles. The van der Waals surface area contributed by atoms with Crippen LogP contribution in [-0.4, -0.2) is 54.2 Å². The van der Waals surface area contributed by atoms with Crippen LogP contribution < -0.4 is 10.6 Å². The molecule has 2 N–H and O–H groups in total. The summed E-state index contributed by atoms with van der Waals surface area (Å²) in [5.74, 6) is 1.26. The first kappa shape index (κ1) is 19.4. The van der Waals surface area contributed by atoms with Crippen molar-refractivity contribution < 1.29 is 9.32 Å². The van der Waals surface area contributed by atoms with Crippen molar-refractivity contribution in [2.24, 2.45) is 0 Å². The summed E-state index contributed by atoms with van der Waals surface area (Å²) in [6.07, 6.45) is 0.922. The third-order valence-corrected chi connectivity index (χ3v) is 4.16. The number of carbonyl (C=O) groups is 1. The number of benzene rings is 1. The van der Waals surface area contributed by atoms with Crippen LogP contribution in [0.25, 0.3) is 0 Å². The quantitative estimate of drug-likeness (QED) is 0.793. The number of hydrogen-bond acceptors (Lipinski definition) is 6. The van der Waals surface area contributed by atoms with Gasteiger partial charge in [0.15, 0.2) is 5.82 Å². The summed E-state index contributed by atoms with van der Waals surface area (Å²) in [5, 5.41) is 10.3. The number of hydrogen-bond donors (Lipinski definition) is 2. The summed E-state index contributed by atoms with van der Waals surface area (Å²) in [4.78, 5) is 18.6. The van der Waals surface area contributed by atoms with Crippen LogP contribution in [0.3, 0.4) is 0 Å². The molecule has 1 aromatic heterocycles. The number of aromatic nitrogens is 2. The smallest absolute Gasteiger partial charge is 0.228 e. The molecule has 1 aromatic carbocycles. The molecule has 3 rings (SSSR count). The highest BCUT2D eigenvalue weighted by Crippen LogP contribution is 2.17. The summed E-state index contributed by atoms with van der Waals surface area (Å²) in [6, 6.07) is 9.83. The Labute approximate surface area is 153 Å². The van der Waals surface area contributed by atoms with Gasteiger partial charge in [-0.2, -0.15) is 4.98 Å². The number of halogens is 1. The van der Waals surface area contributed by atoms with Gasteiger partial charge in [0.2, 0.25) is 11.8 Å². The maximum atomic E-state index is 11.9. The first-order valence-corrected chi connectivity index (χ1v) is 8.26. The van der Waals surface area contributed by atoms with E-state index >= 15 is 0 Å². The molecule has 136 valence electrons. The van der Waals surface area contributed by atoms with Gasteiger partial charge in [-0.1, -0.05) is 35.5 Å². The lowest BCUT2D eigenvalue weighted by molar-refractivity contribution is -0.120. The molecule has 2 heterocycles. The number of likely N-dealkylation sites (N-methyl/N-ethyl adjacent to an activating group) is 1. The largest absolute Gasteiger partial charge is 0.355 e. The van der Waals surface area contributed by atoms with Crippen LogP contribution in [-0.2, 0) is 17.6 Å². The minimum Gasteiger partial charge on any atom is -0.355 e. The maximum Gasteiger partial charge on any atom is 0.228 e. The van der Waals surface area contributed by atoms with Crippen LogP contribution in [0.15, 0.2) is 34.9 Å². The van der Waals surface area contributed by atoms with Crippen molar-refractivity contribution in [2.45, 2.75) is 18.9 Å². The predicted molar refractivity (Wildman–Crippen MR) is 96.6 cm³/mol. The zero-order valence-electron chi connectivity index (χ0n) is 14.3. The molecule has 0 aliphatic carbocycles. The van der Waals surface area contributed by atoms with Crippen LogP contribution >= 0.6 is 12.4 Å². The molecule has 0 radical (unpaired) electrons. The van der Waals surface area contributed by atoms with E-state index in [1.54, 1.807) is 0 Å². The molecule has 2 aromatic rings. The van der Waals surface area contributed by atoms with Crippen LogP contribution in [0.1, 0.15) is 23.3 Å². The van der Waals surface area contributed by atoms with Gasteiger partial charge >= 0.3 is 0 Å². The van der Waals surface area contributed by atoms with Gasteiger partial charge in [0.05, 0.1) is 12.5 Å². The molecule has 1 aliphatic rings. The zero-order valence-corrected chi connectivity index (χ0v) is 15.1. The van der Waals surface area contributed by atoms with Crippen molar-refractivity contribution >= 4 is 18.3 Å². The van der Waals surface area contributed by atoms with Gasteiger partial charge in [-0.05, 0) is 12.6 Å². The summed E-state index contributed by atoms with van der Waals surface area (Å²) in [5.41, 5.74) is 1.00. The van der Waals surface area contributed by atoms with E-state index in [0.717, 1.165) is 25.2 Å². The summed E-state index contributed by atoms with van der Waals surface area (Å²) >= 11 is 0. The van der Waals surface area contributed by atoms with Gasteiger partial charge in [-0.15, -0.1) is 12.4 Å². The third kappa shape index (κ3) is 5.52. The lowest BCUT2D eigenvalue weighted by Crippen LogP contribution is -2.44. The van der Waals surface area contributed by atoms with E-state index in [4.69, 9.17) is 4.52 Å². The van der Waals surface area contributed by atoms with Crippen molar-refractivity contribution in [1.82, 2.24) is 25.7 Å². The van der Waals surface area contributed by atoms with Gasteiger partial charge in [0.1, 0.15) is 0 Å². The van der Waals surface area contributed by atoms with E-state index in [0.29, 0.717) is 31.1 Å². The number of carbonyl (C=O) groups excluding carboxylic acids is 1. The highest BCUT2D eigenvalue weighted by atomic mass is 35.5. The molecule has 8 heteroatoms. The van der Waals surface area contributed by atoms with Crippen molar-refractivity contribution in [2.75, 3.05) is 33.2 Å². The first-order valence-electron chi connectivity index (χ1n) is 8.26. The topological polar surface area (TPSA) is 83.3 Å². The fourth-order valence-corrected chi connectivity index (χ4v) is 2.75. The number of piperazine rings is 1. The Hall–Kier alpha value is -1.96. The monoisotopic (exact) mass is 365 g/mol. The van der Waals surface area contributed by atoms with Crippen LogP contribution in [0.2, 0.25) is 0 Å². The summed E-state index contributed by atoms with van der Waals surface area (Å²) in [6.45, 7) is 3.25. The van der Waals surface area contributed by atoms with Crippen molar-refractivity contribution in [3.8, 4) is 0 Å². The molecule has 1 fully saturated rings. The zero-order chi connectivity index (χ0) is 16.8. The van der Waals surface area contributed by atoms with Crippen molar-refractivity contribution in [1.29, 1.82) is 0 Å². The molecular formula is C17H24ClN5O2. The standard InChI is InChI=1S/C17H23N5O2.ClH/c1-22-10-9-18-12-14(22)17-20-16(24-21-17)7-8-19-15(23)11-13-5-3-2-4-6-13;/h2-6,14,18H,7-12H2,1H3,(H,19,23);1H. The van der Waals surface area contributed by atoms with Gasteiger partial charge in [-0.3, -0.25) is 9.69 Å². The lowest BCUT2D eigenvalue weighted by atomic mass is 10.1. The van der Waals surface area contributed by atoms with Crippen LogP contribution in [0.5, 0.6) is 0 Å². The van der Waals surface area contributed by atoms with Gasteiger partial charge < -0.3 is 15.2 Å². The van der Waals surface area contributed by atoms with Gasteiger partial charge in [0, 0.05) is 32.6 Å². The molecule has 0 bridgehead atoms. The molecule has 25 heavy (non-hydrogen) atoms. The fourth-order valence-electron chi connectivity index (χ4n) is 2.75. The second-order valence-corrected chi connectivity index (χ2v) is 6.01. The minimum absolute atomic E-state index is 0. The SMILES string of the molecule is CN1CCNCC1c1noc(CCNC(=O)Cc2ccccc2)n1.Cl. The maximum absolute atomic E-state index is 11.9. The van der Waals surface area contributed by atoms with Crippen molar-refractivity contribution in [3.63, 3.8) is 0 Å². The summed E-state index contributed by atoms with van der Waals surface area (Å²) in [7, 11) is 2.06. The number of amides is 1. The average Bonchev–Trinajstić information content (AvgIpc) is 3.05. The Morgan fingerprint density at radius 1 is 1.40 bits per heavy atom. The molecule has 0 saturated carbocycles. The second kappa shape index (κ2) is 9.50. The third-order valence-electron chi connectivity index (χ3n) is 4.16. The van der Waals surface area contributed by atoms with E-state index in [1.807, 2.05) is 30.3 Å². The Morgan fingerprint density at radius 2 is 2.20 bits per heavy atom. The highest BCUT2D eigenvalue weighted by Gasteiger charge is 2.25. The van der Waals surface area contributed by atoms with Gasteiger partial charge in [0.25, 0.3) is 0 Å². The molecule has 1 aliphatic heterocycles. The van der Waals surface area contributed by atoms with Crippen molar-refractivity contribution in [3.05, 3.63) is 47.6 Å². The Bertz CT molecular complexity index is 664. The lowest BCUT2D eigenvalue weighted by Gasteiger charge is -2.30. The predicted octanol–water partition coefficient (Wildman–Crippen LogP) is 0.969. The molecule has 1 amide bonds. The van der Waals surface area contributed by atoms with Gasteiger partial charge in [-0.25, -0.2) is 0 Å². The van der Waals surface area contributed by atoms with E-state index < -0.39 is 0 Å². The Kier molecular flexibility index (Phi) is 7.36. The van der Waals surface area contributed by atoms with E-state index in [2.05, 4.69) is 32.7 Å². The molecule has 0 spiro atoms.